The van der Waals surface area contributed by atoms with E-state index in [9.17, 15) is 31.1 Å². The fourth-order valence-electron chi connectivity index (χ4n) is 4.04. The Morgan fingerprint density at radius 2 is 1.69 bits per heavy atom. The summed E-state index contributed by atoms with van der Waals surface area (Å²) in [5.74, 6) is -0.189. The molecule has 1 unspecified atom stereocenters. The van der Waals surface area contributed by atoms with Crippen LogP contribution in [0.15, 0.2) is 48.5 Å². The molecule has 0 aliphatic carbocycles. The average Bonchev–Trinajstić information content (AvgIpc) is 3.22. The Morgan fingerprint density at radius 3 is 2.23 bits per heavy atom. The van der Waals surface area contributed by atoms with Crippen molar-refractivity contribution in [2.24, 2.45) is 0 Å². The van der Waals surface area contributed by atoms with Crippen molar-refractivity contribution in [3.05, 3.63) is 75.8 Å². The van der Waals surface area contributed by atoms with E-state index in [1.165, 1.54) is 29.2 Å². The predicted molar refractivity (Wildman–Crippen MR) is 112 cm³/mol. The molecule has 1 amide bonds. The van der Waals surface area contributed by atoms with Crippen molar-refractivity contribution in [2.75, 3.05) is 13.1 Å². The number of alkyl halides is 7. The monoisotopic (exact) mass is 522 g/mol. The van der Waals surface area contributed by atoms with Crippen LogP contribution in [0, 0.1) is 0 Å². The zero-order valence-corrected chi connectivity index (χ0v) is 18.8. The highest BCUT2D eigenvalue weighted by Gasteiger charge is 2.60. The van der Waals surface area contributed by atoms with Gasteiger partial charge < -0.3 is 4.90 Å². The topological polar surface area (TPSA) is 41.6 Å². The molecule has 1 fully saturated rings. The molecular formula is C23H18ClF7N2O2. The Bertz CT molecular complexity index is 1170. The Labute approximate surface area is 200 Å². The molecule has 2 heterocycles. The Morgan fingerprint density at radius 1 is 1.06 bits per heavy atom. The molecule has 2 aromatic carbocycles. The number of nitrogens with one attached hydrogen (secondary N) is 1. The predicted octanol–water partition coefficient (Wildman–Crippen LogP) is 6.11. The molecule has 2 aliphatic heterocycles. The first-order valence-corrected chi connectivity index (χ1v) is 10.8. The zero-order valence-electron chi connectivity index (χ0n) is 18.0. The summed E-state index contributed by atoms with van der Waals surface area (Å²) in [5, 5.41) is -0.544. The van der Waals surface area contributed by atoms with Gasteiger partial charge in [-0.15, -0.1) is 0 Å². The lowest BCUT2D eigenvalue weighted by Gasteiger charge is -2.44. The molecule has 188 valence electrons. The highest BCUT2D eigenvalue weighted by atomic mass is 35.5. The third-order valence-electron chi connectivity index (χ3n) is 6.00. The fraction of sp³-hybridized carbons (Fsp3) is 0.348. The average molecular weight is 523 g/mol. The van der Waals surface area contributed by atoms with Gasteiger partial charge in [-0.05, 0) is 35.4 Å². The van der Waals surface area contributed by atoms with Crippen molar-refractivity contribution < 1.29 is 40.4 Å². The standard InChI is InChI=1S/C23H18ClF7N2O2/c1-2-19(34)33-11-20(25,12-33)14-5-3-13(4-6-14)18-10-21(35-32-18,23(29,30)31)15-7-16(22(26,27)28)9-17(24)8-15/h3-10,32H,2,11-12H2,1H3. The lowest BCUT2D eigenvalue weighted by molar-refractivity contribution is -0.269. The van der Waals surface area contributed by atoms with E-state index in [0.717, 1.165) is 6.07 Å². The van der Waals surface area contributed by atoms with Crippen LogP contribution in [-0.2, 0) is 27.1 Å². The molecule has 4 rings (SSSR count). The first-order valence-electron chi connectivity index (χ1n) is 10.4. The molecule has 4 nitrogen and oxygen atoms in total. The quantitative estimate of drug-likeness (QED) is 0.493. The number of benzene rings is 2. The highest BCUT2D eigenvalue weighted by molar-refractivity contribution is 6.30. The van der Waals surface area contributed by atoms with Crippen LogP contribution in [0.5, 0.6) is 0 Å². The van der Waals surface area contributed by atoms with Crippen LogP contribution in [0.3, 0.4) is 0 Å². The number of carbonyl (C=O) groups is 1. The van der Waals surface area contributed by atoms with Crippen LogP contribution in [0.2, 0.25) is 5.02 Å². The summed E-state index contributed by atoms with van der Waals surface area (Å²) in [6.45, 7) is 1.40. The van der Waals surface area contributed by atoms with Gasteiger partial charge in [0.2, 0.25) is 11.5 Å². The van der Waals surface area contributed by atoms with Gasteiger partial charge in [-0.2, -0.15) is 26.3 Å². The number of carbonyl (C=O) groups excluding carboxylic acids is 1. The summed E-state index contributed by atoms with van der Waals surface area (Å²) in [5.41, 5.74) is -4.86. The second-order valence-electron chi connectivity index (χ2n) is 8.37. The van der Waals surface area contributed by atoms with Gasteiger partial charge in [0.15, 0.2) is 5.67 Å². The minimum Gasteiger partial charge on any atom is -0.335 e. The van der Waals surface area contributed by atoms with Crippen molar-refractivity contribution in [1.82, 2.24) is 10.4 Å². The van der Waals surface area contributed by atoms with Crippen molar-refractivity contribution in [3.63, 3.8) is 0 Å². The van der Waals surface area contributed by atoms with Crippen LogP contribution in [0.1, 0.15) is 35.6 Å². The fourth-order valence-corrected chi connectivity index (χ4v) is 4.28. The summed E-state index contributed by atoms with van der Waals surface area (Å²) in [7, 11) is 0. The second kappa shape index (κ2) is 8.41. The smallest absolute Gasteiger partial charge is 0.335 e. The third kappa shape index (κ3) is 4.47. The number of likely N-dealkylation sites (tertiary alicyclic amines) is 1. The first kappa shape index (κ1) is 25.3. The van der Waals surface area contributed by atoms with E-state index >= 15 is 4.39 Å². The molecule has 0 aromatic heterocycles. The maximum Gasteiger partial charge on any atom is 0.428 e. The number of hydroxylamine groups is 1. The van der Waals surface area contributed by atoms with E-state index in [4.69, 9.17) is 16.4 Å². The van der Waals surface area contributed by atoms with E-state index < -0.39 is 39.8 Å². The van der Waals surface area contributed by atoms with Gasteiger partial charge in [0.1, 0.15) is 0 Å². The van der Waals surface area contributed by atoms with E-state index in [2.05, 4.69) is 5.48 Å². The molecule has 12 heteroatoms. The summed E-state index contributed by atoms with van der Waals surface area (Å²) < 4.78 is 97.1. The number of amides is 1. The molecule has 35 heavy (non-hydrogen) atoms. The SMILES string of the molecule is CCC(=O)N1CC(F)(c2ccc(C3=CC(c4cc(Cl)cc(C(F)(F)F)c4)(C(F)(F)F)ON3)cc2)C1. The first-order chi connectivity index (χ1) is 16.2. The van der Waals surface area contributed by atoms with Gasteiger partial charge in [-0.1, -0.05) is 42.8 Å². The highest BCUT2D eigenvalue weighted by Crippen LogP contribution is 2.49. The maximum atomic E-state index is 15.1. The second-order valence-corrected chi connectivity index (χ2v) is 8.80. The lowest BCUT2D eigenvalue weighted by atomic mass is 9.86. The molecule has 0 spiro atoms. The van der Waals surface area contributed by atoms with Gasteiger partial charge in [0.05, 0.1) is 24.4 Å². The number of hydrogen-bond acceptors (Lipinski definition) is 3. The van der Waals surface area contributed by atoms with Crippen LogP contribution in [-0.4, -0.2) is 30.1 Å². The Kier molecular flexibility index (Phi) is 6.08. The summed E-state index contributed by atoms with van der Waals surface area (Å²) in [4.78, 5) is 17.9. The molecule has 0 radical (unpaired) electrons. The van der Waals surface area contributed by atoms with Crippen molar-refractivity contribution in [1.29, 1.82) is 0 Å². The van der Waals surface area contributed by atoms with Crippen LogP contribution < -0.4 is 5.48 Å². The van der Waals surface area contributed by atoms with E-state index in [1.807, 2.05) is 0 Å². The van der Waals surface area contributed by atoms with Gasteiger partial charge >= 0.3 is 12.4 Å². The van der Waals surface area contributed by atoms with Crippen LogP contribution in [0.4, 0.5) is 30.7 Å². The molecule has 2 aromatic rings. The molecule has 1 N–H and O–H groups in total. The minimum atomic E-state index is -5.15. The number of nitrogens with zero attached hydrogens (tertiary/aromatic N) is 1. The van der Waals surface area contributed by atoms with Crippen molar-refractivity contribution >= 4 is 23.2 Å². The molecule has 0 saturated carbocycles. The van der Waals surface area contributed by atoms with Gasteiger partial charge in [0, 0.05) is 17.0 Å². The minimum absolute atomic E-state index is 0.128. The summed E-state index contributed by atoms with van der Waals surface area (Å²) in [6.07, 6.45) is -9.22. The van der Waals surface area contributed by atoms with Crippen molar-refractivity contribution in [3.8, 4) is 0 Å². The molecule has 1 saturated heterocycles. The number of hydrogen-bond donors (Lipinski definition) is 1. The zero-order chi connectivity index (χ0) is 25.8. The lowest BCUT2D eigenvalue weighted by Crippen LogP contribution is -2.58. The number of rotatable bonds is 4. The number of halogens is 8. The Balaban J connectivity index is 1.66. The normalized spacial score (nSPS) is 21.9. The molecule has 0 bridgehead atoms. The Hall–Kier alpha value is -2.79. The van der Waals surface area contributed by atoms with Gasteiger partial charge in [0.25, 0.3) is 0 Å². The van der Waals surface area contributed by atoms with Crippen LogP contribution in [0.25, 0.3) is 5.70 Å². The third-order valence-corrected chi connectivity index (χ3v) is 6.21. The van der Waals surface area contributed by atoms with Gasteiger partial charge in [-0.25, -0.2) is 4.39 Å². The molecular weight excluding hydrogens is 505 g/mol. The van der Waals surface area contributed by atoms with E-state index in [1.54, 1.807) is 6.92 Å². The molecule has 1 atom stereocenters. The van der Waals surface area contributed by atoms with Crippen molar-refractivity contribution in [2.45, 2.75) is 37.0 Å². The largest absolute Gasteiger partial charge is 0.428 e. The summed E-state index contributed by atoms with van der Waals surface area (Å²) >= 11 is 5.69. The van der Waals surface area contributed by atoms with Crippen LogP contribution >= 0.6 is 11.6 Å². The molecule has 2 aliphatic rings. The van der Waals surface area contributed by atoms with E-state index in [0.29, 0.717) is 18.2 Å². The van der Waals surface area contributed by atoms with E-state index in [-0.39, 0.29) is 42.2 Å². The van der Waals surface area contributed by atoms with Gasteiger partial charge in [-0.3, -0.25) is 15.1 Å². The summed E-state index contributed by atoms with van der Waals surface area (Å²) in [6, 6.07) is 7.06. The maximum absolute atomic E-state index is 15.1.